The van der Waals surface area contributed by atoms with Gasteiger partial charge in [0.15, 0.2) is 0 Å². The third-order valence-corrected chi connectivity index (χ3v) is 1.93. The van der Waals surface area contributed by atoms with Crippen molar-refractivity contribution in [3.8, 4) is 17.0 Å². The van der Waals surface area contributed by atoms with Crippen molar-refractivity contribution in [3.05, 3.63) is 42.6 Å². The normalized spacial score (nSPS) is 10.0. The van der Waals surface area contributed by atoms with Crippen molar-refractivity contribution >= 4 is 5.69 Å². The highest BCUT2D eigenvalue weighted by molar-refractivity contribution is 5.64. The second-order valence-corrected chi connectivity index (χ2v) is 3.02. The van der Waals surface area contributed by atoms with Gasteiger partial charge in [-0.15, -0.1) is 0 Å². The Bertz CT molecular complexity index is 411. The summed E-state index contributed by atoms with van der Waals surface area (Å²) in [5.41, 5.74) is 7.92. The molecule has 0 saturated carbocycles. The van der Waals surface area contributed by atoms with Crippen LogP contribution in [0.3, 0.4) is 0 Å². The molecule has 3 N–H and O–H groups in total. The number of nitrogen functional groups attached to an aromatic ring is 1. The average Bonchev–Trinajstić information content (AvgIpc) is 2.18. The molecule has 70 valence electrons. The summed E-state index contributed by atoms with van der Waals surface area (Å²) < 4.78 is 0. The van der Waals surface area contributed by atoms with E-state index in [0.29, 0.717) is 5.69 Å². The van der Waals surface area contributed by atoms with Crippen LogP contribution in [0.15, 0.2) is 42.6 Å². The van der Waals surface area contributed by atoms with Crippen molar-refractivity contribution in [2.45, 2.75) is 0 Å². The molecule has 0 aliphatic heterocycles. The molecule has 1 aromatic heterocycles. The Labute approximate surface area is 81.8 Å². The Hall–Kier alpha value is -2.03. The fourth-order valence-electron chi connectivity index (χ4n) is 1.27. The Morgan fingerprint density at radius 1 is 1.14 bits per heavy atom. The van der Waals surface area contributed by atoms with E-state index in [-0.39, 0.29) is 5.75 Å². The first-order valence-corrected chi connectivity index (χ1v) is 4.26. The lowest BCUT2D eigenvalue weighted by molar-refractivity contribution is 0.475. The van der Waals surface area contributed by atoms with Crippen LogP contribution in [-0.2, 0) is 0 Å². The van der Waals surface area contributed by atoms with E-state index in [1.54, 1.807) is 36.5 Å². The maximum absolute atomic E-state index is 9.28. The van der Waals surface area contributed by atoms with Gasteiger partial charge in [0.05, 0.1) is 5.69 Å². The van der Waals surface area contributed by atoms with Crippen molar-refractivity contribution in [3.63, 3.8) is 0 Å². The summed E-state index contributed by atoms with van der Waals surface area (Å²) >= 11 is 0. The number of hydrogen-bond donors (Lipinski definition) is 2. The quantitative estimate of drug-likeness (QED) is 0.716. The largest absolute Gasteiger partial charge is 0.508 e. The molecular formula is C11H10N2O. The molecule has 0 spiro atoms. The highest BCUT2D eigenvalue weighted by Crippen LogP contribution is 2.22. The summed E-state index contributed by atoms with van der Waals surface area (Å²) in [5, 5.41) is 9.28. The SMILES string of the molecule is Nc1ccnc(-c2cccc(O)c2)c1. The number of anilines is 1. The molecule has 0 amide bonds. The minimum atomic E-state index is 0.228. The minimum Gasteiger partial charge on any atom is -0.508 e. The zero-order chi connectivity index (χ0) is 9.97. The fraction of sp³-hybridized carbons (Fsp3) is 0. The van der Waals surface area contributed by atoms with Gasteiger partial charge in [0.1, 0.15) is 5.75 Å². The molecule has 3 heteroatoms. The summed E-state index contributed by atoms with van der Waals surface area (Å²) in [6.45, 7) is 0. The first kappa shape index (κ1) is 8.56. The van der Waals surface area contributed by atoms with E-state index < -0.39 is 0 Å². The molecule has 0 unspecified atom stereocenters. The molecule has 2 rings (SSSR count). The van der Waals surface area contributed by atoms with E-state index in [1.807, 2.05) is 6.07 Å². The Morgan fingerprint density at radius 2 is 2.00 bits per heavy atom. The van der Waals surface area contributed by atoms with Crippen molar-refractivity contribution in [1.82, 2.24) is 4.98 Å². The number of benzene rings is 1. The van der Waals surface area contributed by atoms with Crippen LogP contribution in [0.4, 0.5) is 5.69 Å². The number of phenolic OH excluding ortho intramolecular Hbond substituents is 1. The van der Waals surface area contributed by atoms with E-state index >= 15 is 0 Å². The molecule has 0 saturated heterocycles. The molecule has 0 atom stereocenters. The molecular weight excluding hydrogens is 176 g/mol. The van der Waals surface area contributed by atoms with Crippen molar-refractivity contribution < 1.29 is 5.11 Å². The van der Waals surface area contributed by atoms with Crippen LogP contribution in [0, 0.1) is 0 Å². The maximum Gasteiger partial charge on any atom is 0.116 e. The summed E-state index contributed by atoms with van der Waals surface area (Å²) in [7, 11) is 0. The first-order valence-electron chi connectivity index (χ1n) is 4.26. The van der Waals surface area contributed by atoms with Crippen molar-refractivity contribution in [2.24, 2.45) is 0 Å². The summed E-state index contributed by atoms with van der Waals surface area (Å²) in [4.78, 5) is 4.16. The van der Waals surface area contributed by atoms with Crippen LogP contribution in [0.5, 0.6) is 5.75 Å². The Kier molecular flexibility index (Phi) is 2.07. The van der Waals surface area contributed by atoms with Crippen LogP contribution < -0.4 is 5.73 Å². The van der Waals surface area contributed by atoms with Gasteiger partial charge in [0, 0.05) is 17.4 Å². The lowest BCUT2D eigenvalue weighted by Crippen LogP contribution is -1.88. The lowest BCUT2D eigenvalue weighted by atomic mass is 10.1. The van der Waals surface area contributed by atoms with Gasteiger partial charge < -0.3 is 10.8 Å². The van der Waals surface area contributed by atoms with Gasteiger partial charge in [-0.25, -0.2) is 0 Å². The van der Waals surface area contributed by atoms with E-state index in [1.165, 1.54) is 0 Å². The summed E-state index contributed by atoms with van der Waals surface area (Å²) in [5.74, 6) is 0.228. The summed E-state index contributed by atoms with van der Waals surface area (Å²) in [6, 6.07) is 10.4. The van der Waals surface area contributed by atoms with Crippen molar-refractivity contribution in [1.29, 1.82) is 0 Å². The fourth-order valence-corrected chi connectivity index (χ4v) is 1.27. The molecule has 14 heavy (non-hydrogen) atoms. The number of hydrogen-bond acceptors (Lipinski definition) is 3. The second-order valence-electron chi connectivity index (χ2n) is 3.02. The number of nitrogens with two attached hydrogens (primary N) is 1. The average molecular weight is 186 g/mol. The van der Waals surface area contributed by atoms with Crippen molar-refractivity contribution in [2.75, 3.05) is 5.73 Å². The number of phenols is 1. The topological polar surface area (TPSA) is 59.1 Å². The van der Waals surface area contributed by atoms with Gasteiger partial charge in [-0.1, -0.05) is 12.1 Å². The van der Waals surface area contributed by atoms with Gasteiger partial charge in [-0.3, -0.25) is 4.98 Å². The zero-order valence-electron chi connectivity index (χ0n) is 7.51. The highest BCUT2D eigenvalue weighted by Gasteiger charge is 1.99. The number of pyridine rings is 1. The lowest BCUT2D eigenvalue weighted by Gasteiger charge is -2.01. The monoisotopic (exact) mass is 186 g/mol. The van der Waals surface area contributed by atoms with Gasteiger partial charge in [-0.2, -0.15) is 0 Å². The minimum absolute atomic E-state index is 0.228. The predicted octanol–water partition coefficient (Wildman–Crippen LogP) is 2.04. The Balaban J connectivity index is 2.49. The molecule has 0 aliphatic carbocycles. The maximum atomic E-state index is 9.28. The molecule has 1 heterocycles. The van der Waals surface area contributed by atoms with Gasteiger partial charge in [-0.05, 0) is 24.3 Å². The highest BCUT2D eigenvalue weighted by atomic mass is 16.3. The molecule has 0 bridgehead atoms. The number of nitrogens with zero attached hydrogens (tertiary/aromatic N) is 1. The number of aromatic hydroxyl groups is 1. The number of rotatable bonds is 1. The molecule has 0 aliphatic rings. The van der Waals surface area contributed by atoms with Crippen LogP contribution in [0.1, 0.15) is 0 Å². The van der Waals surface area contributed by atoms with Crippen LogP contribution in [0.2, 0.25) is 0 Å². The van der Waals surface area contributed by atoms with Gasteiger partial charge in [0.25, 0.3) is 0 Å². The third kappa shape index (κ3) is 1.66. The predicted molar refractivity (Wildman–Crippen MR) is 55.8 cm³/mol. The smallest absolute Gasteiger partial charge is 0.116 e. The van der Waals surface area contributed by atoms with E-state index in [0.717, 1.165) is 11.3 Å². The standard InChI is InChI=1S/C11H10N2O/c12-9-4-5-13-11(7-9)8-2-1-3-10(14)6-8/h1-7,14H,(H2,12,13). The molecule has 3 nitrogen and oxygen atoms in total. The Morgan fingerprint density at radius 3 is 2.71 bits per heavy atom. The van der Waals surface area contributed by atoms with Crippen LogP contribution >= 0.6 is 0 Å². The third-order valence-electron chi connectivity index (χ3n) is 1.93. The molecule has 0 fully saturated rings. The van der Waals surface area contributed by atoms with Crippen LogP contribution in [0.25, 0.3) is 11.3 Å². The zero-order valence-corrected chi connectivity index (χ0v) is 7.51. The number of aromatic nitrogens is 1. The molecule has 0 radical (unpaired) electrons. The van der Waals surface area contributed by atoms with E-state index in [4.69, 9.17) is 5.73 Å². The molecule has 2 aromatic rings. The van der Waals surface area contributed by atoms with Gasteiger partial charge in [0.2, 0.25) is 0 Å². The van der Waals surface area contributed by atoms with Gasteiger partial charge >= 0.3 is 0 Å². The van der Waals surface area contributed by atoms with E-state index in [9.17, 15) is 5.11 Å². The van der Waals surface area contributed by atoms with E-state index in [2.05, 4.69) is 4.98 Å². The molecule has 1 aromatic carbocycles. The first-order chi connectivity index (χ1) is 6.75. The second kappa shape index (κ2) is 3.38. The van der Waals surface area contributed by atoms with Crippen LogP contribution in [-0.4, -0.2) is 10.1 Å². The summed E-state index contributed by atoms with van der Waals surface area (Å²) in [6.07, 6.45) is 1.65.